The number of rotatable bonds is 4. The van der Waals surface area contributed by atoms with Crippen LogP contribution in [0.3, 0.4) is 0 Å². The maximum absolute atomic E-state index is 12.8. The van der Waals surface area contributed by atoms with Crippen molar-refractivity contribution in [3.05, 3.63) is 59.3 Å². The Labute approximate surface area is 155 Å². The summed E-state index contributed by atoms with van der Waals surface area (Å²) in [6.07, 6.45) is 7.98. The van der Waals surface area contributed by atoms with Crippen LogP contribution in [0.1, 0.15) is 36.0 Å². The van der Waals surface area contributed by atoms with Gasteiger partial charge in [-0.3, -0.25) is 4.79 Å². The fourth-order valence-corrected chi connectivity index (χ4v) is 4.26. The Morgan fingerprint density at radius 1 is 1.15 bits per heavy atom. The number of fused-ring (bicyclic) bond motifs is 1. The van der Waals surface area contributed by atoms with E-state index in [0.717, 1.165) is 37.3 Å². The molecule has 4 rings (SSSR count). The van der Waals surface area contributed by atoms with Gasteiger partial charge >= 0.3 is 0 Å². The number of aryl methyl sites for hydroxylation is 2. The van der Waals surface area contributed by atoms with E-state index in [4.69, 9.17) is 0 Å². The Bertz CT molecular complexity index is 766. The molecule has 2 aromatic rings. The molecule has 1 amide bonds. The molecule has 136 valence electrons. The summed E-state index contributed by atoms with van der Waals surface area (Å²) in [5.74, 6) is 1.28. The van der Waals surface area contributed by atoms with E-state index < -0.39 is 0 Å². The van der Waals surface area contributed by atoms with Gasteiger partial charge in [-0.1, -0.05) is 24.3 Å². The van der Waals surface area contributed by atoms with Crippen LogP contribution in [0.5, 0.6) is 0 Å². The summed E-state index contributed by atoms with van der Waals surface area (Å²) in [4.78, 5) is 21.5. The molecule has 0 radical (unpaired) electrons. The number of pyridine rings is 1. The van der Waals surface area contributed by atoms with Gasteiger partial charge in [0.15, 0.2) is 0 Å². The van der Waals surface area contributed by atoms with E-state index in [1.165, 1.54) is 30.4 Å². The van der Waals surface area contributed by atoms with E-state index in [1.807, 2.05) is 30.3 Å². The summed E-state index contributed by atoms with van der Waals surface area (Å²) in [6, 6.07) is 13.0. The molecule has 0 bridgehead atoms. The minimum atomic E-state index is 0.235. The second kappa shape index (κ2) is 7.48. The number of amides is 1. The van der Waals surface area contributed by atoms with E-state index in [9.17, 15) is 4.79 Å². The lowest BCUT2D eigenvalue weighted by molar-refractivity contribution is -0.131. The minimum Gasteiger partial charge on any atom is -0.356 e. The molecular weight excluding hydrogens is 322 g/mol. The number of nitrogens with zero attached hydrogens (tertiary/aromatic N) is 3. The average Bonchev–Trinajstić information content (AvgIpc) is 3.16. The topological polar surface area (TPSA) is 36.4 Å². The van der Waals surface area contributed by atoms with Crippen LogP contribution in [0.25, 0.3) is 0 Å². The van der Waals surface area contributed by atoms with Crippen molar-refractivity contribution in [2.24, 2.45) is 0 Å². The van der Waals surface area contributed by atoms with Gasteiger partial charge in [0.1, 0.15) is 5.82 Å². The van der Waals surface area contributed by atoms with Gasteiger partial charge < -0.3 is 9.80 Å². The fourth-order valence-electron chi connectivity index (χ4n) is 4.26. The van der Waals surface area contributed by atoms with E-state index in [-0.39, 0.29) is 5.91 Å². The second-order valence-electron chi connectivity index (χ2n) is 7.54. The lowest BCUT2D eigenvalue weighted by Crippen LogP contribution is -2.46. The first-order chi connectivity index (χ1) is 12.7. The number of hydrogen-bond acceptors (Lipinski definition) is 3. The number of hydrogen-bond donors (Lipinski definition) is 0. The summed E-state index contributed by atoms with van der Waals surface area (Å²) in [6.45, 7) is 1.91. The zero-order valence-electron chi connectivity index (χ0n) is 15.5. The zero-order chi connectivity index (χ0) is 17.9. The maximum atomic E-state index is 12.8. The Morgan fingerprint density at radius 3 is 2.73 bits per heavy atom. The molecule has 0 saturated carbocycles. The smallest absolute Gasteiger partial charge is 0.226 e. The second-order valence-corrected chi connectivity index (χ2v) is 7.54. The van der Waals surface area contributed by atoms with E-state index in [0.29, 0.717) is 12.5 Å². The lowest BCUT2D eigenvalue weighted by atomic mass is 10.0. The molecule has 1 saturated heterocycles. The summed E-state index contributed by atoms with van der Waals surface area (Å²) in [7, 11) is 1.97. The van der Waals surface area contributed by atoms with Gasteiger partial charge in [0.2, 0.25) is 5.91 Å². The molecule has 0 spiro atoms. The third-order valence-corrected chi connectivity index (χ3v) is 5.90. The van der Waals surface area contributed by atoms with Crippen molar-refractivity contribution in [1.29, 1.82) is 0 Å². The number of piperidine rings is 1. The first-order valence-corrected chi connectivity index (χ1v) is 9.73. The highest BCUT2D eigenvalue weighted by atomic mass is 16.2. The van der Waals surface area contributed by atoms with Crippen LogP contribution < -0.4 is 4.90 Å². The molecular formula is C22H27N3O. The molecule has 2 heterocycles. The summed E-state index contributed by atoms with van der Waals surface area (Å²) in [5, 5.41) is 0. The predicted octanol–water partition coefficient (Wildman–Crippen LogP) is 3.24. The summed E-state index contributed by atoms with van der Waals surface area (Å²) >= 11 is 0. The van der Waals surface area contributed by atoms with Crippen molar-refractivity contribution < 1.29 is 4.79 Å². The SMILES string of the molecule is CN(C(=O)Cc1ccc2c(c1)CCC2)C1CCN(c2ccccn2)CC1. The Kier molecular flexibility index (Phi) is 4.91. The number of aromatic nitrogens is 1. The van der Waals surface area contributed by atoms with Crippen molar-refractivity contribution in [3.63, 3.8) is 0 Å². The van der Waals surface area contributed by atoms with Gasteiger partial charge in [0.05, 0.1) is 6.42 Å². The van der Waals surface area contributed by atoms with Crippen molar-refractivity contribution >= 4 is 11.7 Å². The van der Waals surface area contributed by atoms with Crippen molar-refractivity contribution in [2.45, 2.75) is 44.6 Å². The van der Waals surface area contributed by atoms with Gasteiger partial charge in [-0.2, -0.15) is 0 Å². The van der Waals surface area contributed by atoms with Gasteiger partial charge in [-0.25, -0.2) is 4.98 Å². The molecule has 4 heteroatoms. The average molecular weight is 349 g/mol. The van der Waals surface area contributed by atoms with E-state index in [2.05, 4.69) is 34.1 Å². The van der Waals surface area contributed by atoms with Crippen molar-refractivity contribution in [2.75, 3.05) is 25.0 Å². The monoisotopic (exact) mass is 349 g/mol. The largest absolute Gasteiger partial charge is 0.356 e. The third kappa shape index (κ3) is 3.59. The van der Waals surface area contributed by atoms with Crippen molar-refractivity contribution in [1.82, 2.24) is 9.88 Å². The van der Waals surface area contributed by atoms with E-state index in [1.54, 1.807) is 0 Å². The van der Waals surface area contributed by atoms with Gasteiger partial charge in [0.25, 0.3) is 0 Å². The number of carbonyl (C=O) groups is 1. The Balaban J connectivity index is 1.33. The number of anilines is 1. The zero-order valence-corrected chi connectivity index (χ0v) is 15.5. The molecule has 1 aliphatic heterocycles. The molecule has 1 aromatic heterocycles. The van der Waals surface area contributed by atoms with Crippen LogP contribution in [-0.2, 0) is 24.1 Å². The number of carbonyl (C=O) groups excluding carboxylic acids is 1. The molecule has 1 aliphatic carbocycles. The molecule has 0 atom stereocenters. The Hall–Kier alpha value is -2.36. The van der Waals surface area contributed by atoms with Crippen LogP contribution >= 0.6 is 0 Å². The predicted molar refractivity (Wildman–Crippen MR) is 104 cm³/mol. The normalized spacial score (nSPS) is 17.2. The lowest BCUT2D eigenvalue weighted by Gasteiger charge is -2.37. The first kappa shape index (κ1) is 17.1. The highest BCUT2D eigenvalue weighted by Gasteiger charge is 2.26. The quantitative estimate of drug-likeness (QED) is 0.850. The van der Waals surface area contributed by atoms with Crippen LogP contribution in [0.15, 0.2) is 42.6 Å². The van der Waals surface area contributed by atoms with Gasteiger partial charge in [-0.05, 0) is 60.9 Å². The van der Waals surface area contributed by atoms with E-state index >= 15 is 0 Å². The fraction of sp³-hybridized carbons (Fsp3) is 0.455. The molecule has 26 heavy (non-hydrogen) atoms. The highest BCUT2D eigenvalue weighted by molar-refractivity contribution is 5.79. The minimum absolute atomic E-state index is 0.235. The Morgan fingerprint density at radius 2 is 1.96 bits per heavy atom. The van der Waals surface area contributed by atoms with Crippen LogP contribution in [0.4, 0.5) is 5.82 Å². The number of likely N-dealkylation sites (N-methyl/N-ethyl adjacent to an activating group) is 1. The number of benzene rings is 1. The molecule has 4 nitrogen and oxygen atoms in total. The van der Waals surface area contributed by atoms with Crippen LogP contribution in [0.2, 0.25) is 0 Å². The first-order valence-electron chi connectivity index (χ1n) is 9.73. The molecule has 0 N–H and O–H groups in total. The highest BCUT2D eigenvalue weighted by Crippen LogP contribution is 2.24. The van der Waals surface area contributed by atoms with Gasteiger partial charge in [0, 0.05) is 32.4 Å². The summed E-state index contributed by atoms with van der Waals surface area (Å²) < 4.78 is 0. The van der Waals surface area contributed by atoms with Gasteiger partial charge in [-0.15, -0.1) is 0 Å². The van der Waals surface area contributed by atoms with Crippen molar-refractivity contribution in [3.8, 4) is 0 Å². The molecule has 1 aromatic carbocycles. The summed E-state index contributed by atoms with van der Waals surface area (Å²) in [5.41, 5.74) is 4.08. The molecule has 2 aliphatic rings. The maximum Gasteiger partial charge on any atom is 0.226 e. The molecule has 1 fully saturated rings. The third-order valence-electron chi connectivity index (χ3n) is 5.90. The standard InChI is InChI=1S/C22H27N3O/c1-24(20-10-13-25(14-11-20)21-7-2-3-12-23-21)22(26)16-17-8-9-18-5-4-6-19(18)15-17/h2-3,7-9,12,15,20H,4-6,10-11,13-14,16H2,1H3. The van der Waals surface area contributed by atoms with Crippen LogP contribution in [-0.4, -0.2) is 42.0 Å². The van der Waals surface area contributed by atoms with Crippen LogP contribution in [0, 0.1) is 0 Å². The molecule has 0 unspecified atom stereocenters.